The second-order valence-electron chi connectivity index (χ2n) is 3.39. The second kappa shape index (κ2) is 9.15. The zero-order valence-electron chi connectivity index (χ0n) is 9.51. The molecule has 0 rings (SSSR count). The Labute approximate surface area is 112 Å². The van der Waals surface area contributed by atoms with Gasteiger partial charge in [0.25, 0.3) is 0 Å². The maximum atomic E-state index is 11.6. The van der Waals surface area contributed by atoms with Crippen LogP contribution in [0.25, 0.3) is 0 Å². The topological polar surface area (TPSA) is 26.3 Å². The Balaban J connectivity index is 4.53. The Bertz CT molecular complexity index is 237. The van der Waals surface area contributed by atoms with Crippen LogP contribution in [0.15, 0.2) is 10.6 Å². The molecular formula is C11H17Cl3O2. The minimum atomic E-state index is -0.571. The minimum absolute atomic E-state index is 0.0419. The third kappa shape index (κ3) is 6.62. The number of halogens is 3. The van der Waals surface area contributed by atoms with Crippen molar-refractivity contribution in [3.05, 3.63) is 10.6 Å². The first-order valence-corrected chi connectivity index (χ1v) is 6.55. The molecule has 0 aliphatic carbocycles. The Morgan fingerprint density at radius 2 is 2.00 bits per heavy atom. The van der Waals surface area contributed by atoms with E-state index in [1.807, 2.05) is 0 Å². The van der Waals surface area contributed by atoms with E-state index in [0.717, 1.165) is 19.3 Å². The highest BCUT2D eigenvalue weighted by Crippen LogP contribution is 2.23. The number of alkyl halides is 1. The molecule has 16 heavy (non-hydrogen) atoms. The van der Waals surface area contributed by atoms with E-state index >= 15 is 0 Å². The van der Waals surface area contributed by atoms with Gasteiger partial charge in [-0.15, -0.1) is 11.6 Å². The summed E-state index contributed by atoms with van der Waals surface area (Å²) in [7, 11) is 0. The van der Waals surface area contributed by atoms with Gasteiger partial charge in [0.2, 0.25) is 0 Å². The van der Waals surface area contributed by atoms with Gasteiger partial charge in [0, 0.05) is 0 Å². The highest BCUT2D eigenvalue weighted by atomic mass is 35.5. The molecule has 0 saturated carbocycles. The zero-order valence-corrected chi connectivity index (χ0v) is 11.8. The highest BCUT2D eigenvalue weighted by molar-refractivity contribution is 6.56. The Morgan fingerprint density at radius 3 is 2.44 bits per heavy atom. The van der Waals surface area contributed by atoms with Gasteiger partial charge in [0.05, 0.1) is 17.9 Å². The maximum Gasteiger partial charge on any atom is 0.314 e. The number of ether oxygens (including phenoxy) is 1. The Morgan fingerprint density at radius 1 is 1.38 bits per heavy atom. The second-order valence-corrected chi connectivity index (χ2v) is 4.96. The number of esters is 1. The van der Waals surface area contributed by atoms with Crippen LogP contribution in [0.1, 0.15) is 33.1 Å². The average Bonchev–Trinajstić information content (AvgIpc) is 2.22. The molecule has 0 spiro atoms. The zero-order chi connectivity index (χ0) is 12.6. The van der Waals surface area contributed by atoms with Gasteiger partial charge < -0.3 is 4.74 Å². The van der Waals surface area contributed by atoms with Gasteiger partial charge in [-0.3, -0.25) is 4.79 Å². The normalized spacial score (nSPS) is 14.1. The molecule has 0 aliphatic rings. The molecule has 2 nitrogen and oxygen atoms in total. The van der Waals surface area contributed by atoms with Crippen LogP contribution < -0.4 is 0 Å². The number of rotatable bonds is 7. The van der Waals surface area contributed by atoms with Crippen LogP contribution in [0.4, 0.5) is 0 Å². The lowest BCUT2D eigenvalue weighted by Gasteiger charge is -2.17. The van der Waals surface area contributed by atoms with E-state index in [1.54, 1.807) is 6.92 Å². The lowest BCUT2D eigenvalue weighted by Crippen LogP contribution is -2.25. The van der Waals surface area contributed by atoms with E-state index in [0.29, 0.717) is 6.61 Å². The number of hydrogen-bond acceptors (Lipinski definition) is 2. The molecule has 0 unspecified atom stereocenters. The van der Waals surface area contributed by atoms with Gasteiger partial charge in [-0.2, -0.15) is 0 Å². The van der Waals surface area contributed by atoms with Crippen molar-refractivity contribution in [3.63, 3.8) is 0 Å². The average molecular weight is 288 g/mol. The van der Waals surface area contributed by atoms with Gasteiger partial charge in [-0.05, 0) is 19.4 Å². The summed E-state index contributed by atoms with van der Waals surface area (Å²) >= 11 is 17.2. The lowest BCUT2D eigenvalue weighted by atomic mass is 10.0. The summed E-state index contributed by atoms with van der Waals surface area (Å²) in [6.07, 6.45) is 4.16. The molecule has 0 N–H and O–H groups in total. The summed E-state index contributed by atoms with van der Waals surface area (Å²) in [5, 5.41) is -0.327. The van der Waals surface area contributed by atoms with E-state index in [9.17, 15) is 4.79 Å². The Kier molecular flexibility index (Phi) is 9.19. The van der Waals surface area contributed by atoms with Crippen LogP contribution in [0.3, 0.4) is 0 Å². The number of unbranched alkanes of at least 4 members (excludes halogenated alkanes) is 1. The fourth-order valence-corrected chi connectivity index (χ4v) is 1.87. The van der Waals surface area contributed by atoms with E-state index in [2.05, 4.69) is 6.92 Å². The van der Waals surface area contributed by atoms with Crippen molar-refractivity contribution in [2.24, 2.45) is 5.92 Å². The van der Waals surface area contributed by atoms with Crippen LogP contribution >= 0.6 is 34.8 Å². The number of hydrogen-bond donors (Lipinski definition) is 0. The first-order chi connectivity index (χ1) is 7.52. The van der Waals surface area contributed by atoms with E-state index in [1.165, 1.54) is 6.08 Å². The number of carbonyl (C=O) groups is 1. The third-order valence-electron chi connectivity index (χ3n) is 2.09. The third-order valence-corrected chi connectivity index (χ3v) is 2.83. The fraction of sp³-hybridized carbons (Fsp3) is 0.727. The predicted molar refractivity (Wildman–Crippen MR) is 69.1 cm³/mol. The molecule has 0 heterocycles. The monoisotopic (exact) mass is 286 g/mol. The standard InChI is InChI=1S/C11H17Cl3O2/c1-3-5-6-9(12)8(7-10(13)14)11(15)16-4-2/h7-9H,3-6H2,1-2H3/t8-,9+/m0/s1. The molecule has 0 aromatic rings. The minimum Gasteiger partial charge on any atom is -0.465 e. The molecule has 0 radical (unpaired) electrons. The molecule has 0 aromatic carbocycles. The maximum absolute atomic E-state index is 11.6. The molecule has 0 fully saturated rings. The molecular weight excluding hydrogens is 270 g/mol. The van der Waals surface area contributed by atoms with Crippen LogP contribution in [0.5, 0.6) is 0 Å². The van der Waals surface area contributed by atoms with Gasteiger partial charge in [-0.1, -0.05) is 43.0 Å². The van der Waals surface area contributed by atoms with Crippen molar-refractivity contribution in [1.82, 2.24) is 0 Å². The van der Waals surface area contributed by atoms with Crippen molar-refractivity contribution in [1.29, 1.82) is 0 Å². The molecule has 0 aliphatic heterocycles. The molecule has 0 saturated heterocycles. The van der Waals surface area contributed by atoms with Crippen molar-refractivity contribution < 1.29 is 9.53 Å². The summed E-state index contributed by atoms with van der Waals surface area (Å²) in [5.74, 6) is -0.949. The van der Waals surface area contributed by atoms with E-state index < -0.39 is 5.92 Å². The summed E-state index contributed by atoms with van der Waals surface area (Å²) in [5.41, 5.74) is 0. The van der Waals surface area contributed by atoms with Crippen molar-refractivity contribution in [2.45, 2.75) is 38.5 Å². The molecule has 0 aromatic heterocycles. The van der Waals surface area contributed by atoms with Crippen molar-refractivity contribution in [3.8, 4) is 0 Å². The van der Waals surface area contributed by atoms with Gasteiger partial charge in [0.1, 0.15) is 4.49 Å². The summed E-state index contributed by atoms with van der Waals surface area (Å²) in [4.78, 5) is 11.6. The smallest absolute Gasteiger partial charge is 0.314 e. The molecule has 94 valence electrons. The first-order valence-electron chi connectivity index (χ1n) is 5.36. The van der Waals surface area contributed by atoms with Crippen molar-refractivity contribution >= 4 is 40.8 Å². The van der Waals surface area contributed by atoms with Crippen LogP contribution in [0.2, 0.25) is 0 Å². The quantitative estimate of drug-likeness (QED) is 0.516. The number of carbonyl (C=O) groups excluding carboxylic acids is 1. The molecule has 5 heteroatoms. The summed E-state index contributed by atoms with van der Waals surface area (Å²) in [6.45, 7) is 4.13. The van der Waals surface area contributed by atoms with Gasteiger partial charge >= 0.3 is 5.97 Å². The van der Waals surface area contributed by atoms with Crippen LogP contribution in [-0.4, -0.2) is 18.0 Å². The molecule has 0 amide bonds. The van der Waals surface area contributed by atoms with Crippen LogP contribution in [0, 0.1) is 5.92 Å². The van der Waals surface area contributed by atoms with Gasteiger partial charge in [0.15, 0.2) is 0 Å². The van der Waals surface area contributed by atoms with Gasteiger partial charge in [-0.25, -0.2) is 0 Å². The molecule has 0 bridgehead atoms. The largest absolute Gasteiger partial charge is 0.465 e. The fourth-order valence-electron chi connectivity index (χ4n) is 1.27. The first kappa shape index (κ1) is 16.1. The lowest BCUT2D eigenvalue weighted by molar-refractivity contribution is -0.146. The molecule has 2 atom stereocenters. The summed E-state index contributed by atoms with van der Waals surface area (Å²) < 4.78 is 4.96. The van der Waals surface area contributed by atoms with E-state index in [4.69, 9.17) is 39.5 Å². The van der Waals surface area contributed by atoms with E-state index in [-0.39, 0.29) is 15.8 Å². The van der Waals surface area contributed by atoms with Crippen LogP contribution in [-0.2, 0) is 9.53 Å². The summed E-state index contributed by atoms with van der Waals surface area (Å²) in [6, 6.07) is 0. The SMILES string of the molecule is CCCC[C@@H](Cl)[C@H](C=C(Cl)Cl)C(=O)OCC. The Hall–Kier alpha value is 0.0800. The highest BCUT2D eigenvalue weighted by Gasteiger charge is 2.26. The van der Waals surface area contributed by atoms with Crippen molar-refractivity contribution in [2.75, 3.05) is 6.61 Å². The predicted octanol–water partition coefficient (Wildman–Crippen LogP) is 4.28.